The van der Waals surface area contributed by atoms with E-state index in [4.69, 9.17) is 4.74 Å². The standard InChI is InChI=1S/C22H35NO4.C2H6/c1-6-10-19(12-11-18(9-4)20(24)25)23-16-22(14-7-2,27-21(23)26)15-13-17(5)8-3;1-2/h9-12,17H,6-8,13-16H2,1-5H3,(H,24,25);1-2H3/b12-11-,18-9+,19-10-;. The van der Waals surface area contributed by atoms with Gasteiger partial charge in [0.05, 0.1) is 12.1 Å². The van der Waals surface area contributed by atoms with Crippen LogP contribution in [0.3, 0.4) is 0 Å². The van der Waals surface area contributed by atoms with E-state index in [0.29, 0.717) is 18.2 Å². The molecule has 29 heavy (non-hydrogen) atoms. The topological polar surface area (TPSA) is 66.8 Å². The fourth-order valence-electron chi connectivity index (χ4n) is 3.32. The van der Waals surface area contributed by atoms with Crippen molar-refractivity contribution in [2.75, 3.05) is 6.54 Å². The molecule has 1 N–H and O–H groups in total. The zero-order valence-electron chi connectivity index (χ0n) is 19.5. The minimum atomic E-state index is -0.984. The third kappa shape index (κ3) is 8.46. The van der Waals surface area contributed by atoms with Crippen molar-refractivity contribution >= 4 is 12.1 Å². The molecule has 1 heterocycles. The molecule has 1 rings (SSSR count). The average molecular weight is 408 g/mol. The lowest BCUT2D eigenvalue weighted by atomic mass is 9.88. The van der Waals surface area contributed by atoms with Crippen LogP contribution in [0.1, 0.15) is 87.0 Å². The van der Waals surface area contributed by atoms with Gasteiger partial charge in [0.15, 0.2) is 0 Å². The maximum Gasteiger partial charge on any atom is 0.415 e. The molecule has 2 unspecified atom stereocenters. The van der Waals surface area contributed by atoms with Crippen LogP contribution in [0.2, 0.25) is 0 Å². The van der Waals surface area contributed by atoms with Gasteiger partial charge in [-0.25, -0.2) is 9.59 Å². The molecule has 0 radical (unpaired) electrons. The van der Waals surface area contributed by atoms with E-state index >= 15 is 0 Å². The van der Waals surface area contributed by atoms with Crippen LogP contribution in [0.25, 0.3) is 0 Å². The van der Waals surface area contributed by atoms with Crippen LogP contribution in [-0.4, -0.2) is 34.2 Å². The first kappa shape index (κ1) is 27.0. The second-order valence-corrected chi connectivity index (χ2v) is 7.36. The summed E-state index contributed by atoms with van der Waals surface area (Å²) in [6, 6.07) is 0. The molecule has 0 bridgehead atoms. The summed E-state index contributed by atoms with van der Waals surface area (Å²) < 4.78 is 5.89. The Hall–Kier alpha value is -2.04. The van der Waals surface area contributed by atoms with Crippen molar-refractivity contribution in [3.63, 3.8) is 0 Å². The second kappa shape index (κ2) is 14.0. The molecular formula is C24H41NO4. The van der Waals surface area contributed by atoms with Gasteiger partial charge in [-0.2, -0.15) is 0 Å². The monoisotopic (exact) mass is 407 g/mol. The van der Waals surface area contributed by atoms with Crippen molar-refractivity contribution in [1.82, 2.24) is 4.90 Å². The lowest BCUT2D eigenvalue weighted by Gasteiger charge is -2.28. The summed E-state index contributed by atoms with van der Waals surface area (Å²) in [7, 11) is 0. The number of carbonyl (C=O) groups excluding carboxylic acids is 1. The smallest absolute Gasteiger partial charge is 0.415 e. The van der Waals surface area contributed by atoms with Gasteiger partial charge in [-0.1, -0.05) is 66.5 Å². The molecule has 1 amide bonds. The number of cyclic esters (lactones) is 1. The SMILES string of the molecule is CC.C\C=C(/C=C\C(=C\CC)N1CC(CCC)(CCC(C)CC)OC1=O)C(=O)O. The number of carboxylic acids is 1. The average Bonchev–Trinajstić information content (AvgIpc) is 3.03. The van der Waals surface area contributed by atoms with Crippen molar-refractivity contribution in [3.8, 4) is 0 Å². The number of rotatable bonds is 11. The van der Waals surface area contributed by atoms with Gasteiger partial charge in [-0.3, -0.25) is 4.90 Å². The Morgan fingerprint density at radius 3 is 2.38 bits per heavy atom. The third-order valence-corrected chi connectivity index (χ3v) is 5.18. The molecule has 2 atom stereocenters. The van der Waals surface area contributed by atoms with Gasteiger partial charge in [-0.05, 0) is 50.7 Å². The van der Waals surface area contributed by atoms with Gasteiger partial charge in [0.25, 0.3) is 0 Å². The molecule has 166 valence electrons. The molecule has 0 spiro atoms. The quantitative estimate of drug-likeness (QED) is 0.305. The predicted molar refractivity (Wildman–Crippen MR) is 120 cm³/mol. The molecule has 5 nitrogen and oxygen atoms in total. The summed E-state index contributed by atoms with van der Waals surface area (Å²) in [4.78, 5) is 25.5. The van der Waals surface area contributed by atoms with E-state index < -0.39 is 11.6 Å². The Bertz CT molecular complexity index is 606. The Morgan fingerprint density at radius 2 is 1.90 bits per heavy atom. The highest BCUT2D eigenvalue weighted by Crippen LogP contribution is 2.35. The number of hydrogen-bond donors (Lipinski definition) is 1. The molecule has 0 aromatic rings. The van der Waals surface area contributed by atoms with Crippen LogP contribution in [0.5, 0.6) is 0 Å². The van der Waals surface area contributed by atoms with Crippen LogP contribution in [0.15, 0.2) is 35.6 Å². The highest BCUT2D eigenvalue weighted by molar-refractivity contribution is 5.89. The molecule has 0 aromatic heterocycles. The normalized spacial score (nSPS) is 21.1. The Labute approximate surface area is 177 Å². The summed E-state index contributed by atoms with van der Waals surface area (Å²) in [5.74, 6) is -0.382. The van der Waals surface area contributed by atoms with Gasteiger partial charge < -0.3 is 9.84 Å². The van der Waals surface area contributed by atoms with Crippen molar-refractivity contribution in [3.05, 3.63) is 35.6 Å². The number of allylic oxidation sites excluding steroid dienone is 3. The van der Waals surface area contributed by atoms with Crippen LogP contribution >= 0.6 is 0 Å². The van der Waals surface area contributed by atoms with E-state index in [2.05, 4.69) is 20.8 Å². The van der Waals surface area contributed by atoms with Gasteiger partial charge in [0.1, 0.15) is 5.60 Å². The highest BCUT2D eigenvalue weighted by atomic mass is 16.6. The van der Waals surface area contributed by atoms with E-state index in [0.717, 1.165) is 38.5 Å². The fourth-order valence-corrected chi connectivity index (χ4v) is 3.32. The number of carboxylic acid groups (broad SMARTS) is 1. The summed E-state index contributed by atoms with van der Waals surface area (Å²) >= 11 is 0. The van der Waals surface area contributed by atoms with Gasteiger partial charge >= 0.3 is 12.1 Å². The first-order chi connectivity index (χ1) is 13.8. The molecule has 0 saturated carbocycles. The van der Waals surface area contributed by atoms with Gasteiger partial charge in [-0.15, -0.1) is 0 Å². The molecule has 1 fully saturated rings. The van der Waals surface area contributed by atoms with Crippen molar-refractivity contribution < 1.29 is 19.4 Å². The molecule has 0 aliphatic carbocycles. The van der Waals surface area contributed by atoms with Gasteiger partial charge in [0.2, 0.25) is 0 Å². The zero-order chi connectivity index (χ0) is 22.4. The first-order valence-corrected chi connectivity index (χ1v) is 11.1. The second-order valence-electron chi connectivity index (χ2n) is 7.36. The largest absolute Gasteiger partial charge is 0.478 e. The van der Waals surface area contributed by atoms with E-state index in [-0.39, 0.29) is 11.7 Å². The van der Waals surface area contributed by atoms with Crippen molar-refractivity contribution in [1.29, 1.82) is 0 Å². The fraction of sp³-hybridized carbons (Fsp3) is 0.667. The number of amides is 1. The molecular weight excluding hydrogens is 366 g/mol. The molecule has 1 aliphatic rings. The summed E-state index contributed by atoms with van der Waals surface area (Å²) in [6.45, 7) is 14.7. The summed E-state index contributed by atoms with van der Waals surface area (Å²) in [5.41, 5.74) is 0.442. The maximum atomic E-state index is 12.6. The lowest BCUT2D eigenvalue weighted by Crippen LogP contribution is -2.34. The van der Waals surface area contributed by atoms with Crippen molar-refractivity contribution in [2.45, 2.75) is 92.6 Å². The van der Waals surface area contributed by atoms with Crippen LogP contribution < -0.4 is 0 Å². The molecule has 1 saturated heterocycles. The zero-order valence-corrected chi connectivity index (χ0v) is 19.5. The van der Waals surface area contributed by atoms with E-state index in [1.165, 1.54) is 12.2 Å². The Morgan fingerprint density at radius 1 is 1.24 bits per heavy atom. The van der Waals surface area contributed by atoms with Gasteiger partial charge in [0, 0.05) is 5.70 Å². The van der Waals surface area contributed by atoms with Crippen LogP contribution in [-0.2, 0) is 9.53 Å². The lowest BCUT2D eigenvalue weighted by molar-refractivity contribution is -0.132. The number of nitrogens with zero attached hydrogens (tertiary/aromatic N) is 1. The predicted octanol–water partition coefficient (Wildman–Crippen LogP) is 6.71. The third-order valence-electron chi connectivity index (χ3n) is 5.18. The van der Waals surface area contributed by atoms with E-state index in [1.807, 2.05) is 26.8 Å². The van der Waals surface area contributed by atoms with Crippen LogP contribution in [0.4, 0.5) is 4.79 Å². The summed E-state index contributed by atoms with van der Waals surface area (Å²) in [5, 5.41) is 9.19. The Balaban J connectivity index is 0.00000379. The maximum absolute atomic E-state index is 12.6. The van der Waals surface area contributed by atoms with E-state index in [9.17, 15) is 14.7 Å². The number of aliphatic carboxylic acids is 1. The first-order valence-electron chi connectivity index (χ1n) is 11.1. The molecule has 1 aliphatic heterocycles. The minimum absolute atomic E-state index is 0.196. The highest BCUT2D eigenvalue weighted by Gasteiger charge is 2.45. The number of hydrogen-bond acceptors (Lipinski definition) is 3. The molecule has 5 heteroatoms. The molecule has 0 aromatic carbocycles. The van der Waals surface area contributed by atoms with E-state index in [1.54, 1.807) is 17.9 Å². The van der Waals surface area contributed by atoms with Crippen molar-refractivity contribution in [2.24, 2.45) is 5.92 Å². The number of ether oxygens (including phenoxy) is 1. The Kier molecular flexibility index (Phi) is 13.0. The van der Waals surface area contributed by atoms with Crippen LogP contribution in [0, 0.1) is 5.92 Å². The summed E-state index contributed by atoms with van der Waals surface area (Å²) in [6.07, 6.45) is 11.9. The minimum Gasteiger partial charge on any atom is -0.478 e. The number of carbonyl (C=O) groups is 2.